The highest BCUT2D eigenvalue weighted by atomic mass is 16.5. The predicted octanol–water partition coefficient (Wildman–Crippen LogP) is 4.71. The zero-order chi connectivity index (χ0) is 25.0. The first kappa shape index (κ1) is 31.6. The first-order valence-electron chi connectivity index (χ1n) is 12.8. The molecule has 0 rings (SSSR count). The summed E-state index contributed by atoms with van der Waals surface area (Å²) in [5, 5.41) is 19.2. The number of ether oxygens (including phenoxy) is 2. The van der Waals surface area contributed by atoms with E-state index in [0.29, 0.717) is 17.3 Å². The minimum Gasteiger partial charge on any atom is -0.477 e. The quantitative estimate of drug-likeness (QED) is 0.103. The van der Waals surface area contributed by atoms with E-state index in [1.807, 2.05) is 21.1 Å². The first-order valence-corrected chi connectivity index (χ1v) is 12.8. The molecule has 0 spiro atoms. The van der Waals surface area contributed by atoms with Crippen LogP contribution in [0.25, 0.3) is 0 Å². The van der Waals surface area contributed by atoms with Gasteiger partial charge in [0.1, 0.15) is 12.7 Å². The summed E-state index contributed by atoms with van der Waals surface area (Å²) < 4.78 is 10.8. The van der Waals surface area contributed by atoms with Crippen LogP contribution < -0.4 is 0 Å². The van der Waals surface area contributed by atoms with E-state index in [2.05, 4.69) is 19.1 Å². The molecule has 0 saturated heterocycles. The van der Waals surface area contributed by atoms with E-state index >= 15 is 0 Å². The van der Waals surface area contributed by atoms with Gasteiger partial charge in [0.2, 0.25) is 0 Å². The molecule has 194 valence electrons. The summed E-state index contributed by atoms with van der Waals surface area (Å²) in [4.78, 5) is 23.1. The van der Waals surface area contributed by atoms with Crippen LogP contribution in [0.1, 0.15) is 90.4 Å². The van der Waals surface area contributed by atoms with Crippen molar-refractivity contribution in [1.82, 2.24) is 0 Å². The number of allylic oxidation sites excluding steroid dienone is 2. The van der Waals surface area contributed by atoms with Crippen molar-refractivity contribution in [3.63, 3.8) is 0 Å². The number of aliphatic hydroxyl groups is 1. The van der Waals surface area contributed by atoms with Crippen LogP contribution >= 0.6 is 0 Å². The number of carbonyl (C=O) groups is 2. The van der Waals surface area contributed by atoms with E-state index in [1.165, 1.54) is 44.9 Å². The minimum absolute atomic E-state index is 0.0157. The molecular formula is C26H50NO6+. The summed E-state index contributed by atoms with van der Waals surface area (Å²) in [7, 11) is 5.46. The van der Waals surface area contributed by atoms with Crippen LogP contribution in [0.5, 0.6) is 0 Å². The number of carboxylic acids is 1. The van der Waals surface area contributed by atoms with Crippen molar-refractivity contribution in [2.45, 2.75) is 103 Å². The van der Waals surface area contributed by atoms with Gasteiger partial charge in [-0.2, -0.15) is 0 Å². The molecule has 0 aliphatic heterocycles. The molecule has 0 aliphatic rings. The maximum absolute atomic E-state index is 11.8. The lowest BCUT2D eigenvalue weighted by Gasteiger charge is -2.31. The van der Waals surface area contributed by atoms with Gasteiger partial charge in [0.25, 0.3) is 0 Å². The molecule has 0 aromatic rings. The molecule has 0 saturated carbocycles. The summed E-state index contributed by atoms with van der Waals surface area (Å²) >= 11 is 0. The number of rotatable bonds is 22. The standard InChI is InChI=1S/C26H49NO6/c1-5-6-7-8-9-10-11-12-13-14-15-16-17-18-25(29)33-22-23(28)21-32-20-19-24(26(30)31)27(2,3)4/h12-13,23-24,28H,5-11,14-22H2,1-4H3/p+1/b13-12+. The lowest BCUT2D eigenvalue weighted by Crippen LogP contribution is -2.50. The number of aliphatic hydroxyl groups excluding tert-OH is 1. The third kappa shape index (κ3) is 19.7. The van der Waals surface area contributed by atoms with E-state index in [-0.39, 0.29) is 25.8 Å². The van der Waals surface area contributed by atoms with Gasteiger partial charge in [-0.25, -0.2) is 4.79 Å². The van der Waals surface area contributed by atoms with Gasteiger partial charge in [-0.3, -0.25) is 4.79 Å². The topological polar surface area (TPSA) is 93.1 Å². The molecule has 7 heteroatoms. The van der Waals surface area contributed by atoms with Crippen molar-refractivity contribution in [3.8, 4) is 0 Å². The van der Waals surface area contributed by atoms with Gasteiger partial charge in [0.05, 0.1) is 34.4 Å². The lowest BCUT2D eigenvalue weighted by molar-refractivity contribution is -0.887. The number of quaternary nitrogens is 1. The predicted molar refractivity (Wildman–Crippen MR) is 132 cm³/mol. The monoisotopic (exact) mass is 472 g/mol. The Hall–Kier alpha value is -1.44. The van der Waals surface area contributed by atoms with Gasteiger partial charge in [-0.15, -0.1) is 0 Å². The van der Waals surface area contributed by atoms with Crippen LogP contribution in [0.4, 0.5) is 0 Å². The minimum atomic E-state index is -0.905. The maximum Gasteiger partial charge on any atom is 0.362 e. The van der Waals surface area contributed by atoms with Gasteiger partial charge in [-0.1, -0.05) is 57.6 Å². The van der Waals surface area contributed by atoms with Crippen LogP contribution in [0, 0.1) is 0 Å². The molecule has 0 amide bonds. The Labute approximate surface area is 201 Å². The number of carboxylic acid groups (broad SMARTS) is 1. The van der Waals surface area contributed by atoms with Gasteiger partial charge < -0.3 is 24.2 Å². The van der Waals surface area contributed by atoms with Crippen LogP contribution in [-0.4, -0.2) is 79.7 Å². The van der Waals surface area contributed by atoms with E-state index in [1.54, 1.807) is 0 Å². The average molecular weight is 473 g/mol. The number of carbonyl (C=O) groups excluding carboxylic acids is 1. The Balaban J connectivity index is 3.62. The Morgan fingerprint density at radius 1 is 0.879 bits per heavy atom. The summed E-state index contributed by atoms with van der Waals surface area (Å²) in [6.07, 6.45) is 17.4. The second-order valence-corrected chi connectivity index (χ2v) is 9.80. The Bertz CT molecular complexity index is 529. The highest BCUT2D eigenvalue weighted by Crippen LogP contribution is 2.10. The van der Waals surface area contributed by atoms with Crippen molar-refractivity contribution in [3.05, 3.63) is 12.2 Å². The first-order chi connectivity index (χ1) is 15.7. The van der Waals surface area contributed by atoms with Crippen LogP contribution in [0.15, 0.2) is 12.2 Å². The largest absolute Gasteiger partial charge is 0.477 e. The summed E-state index contributed by atoms with van der Waals surface area (Å²) in [6, 6.07) is -0.573. The number of nitrogens with zero attached hydrogens (tertiary/aromatic N) is 1. The number of hydrogen-bond donors (Lipinski definition) is 2. The van der Waals surface area contributed by atoms with E-state index in [0.717, 1.165) is 25.7 Å². The van der Waals surface area contributed by atoms with Crippen molar-refractivity contribution < 1.29 is 33.8 Å². The van der Waals surface area contributed by atoms with E-state index < -0.39 is 18.1 Å². The fourth-order valence-electron chi connectivity index (χ4n) is 3.55. The summed E-state index contributed by atoms with van der Waals surface area (Å²) in [5.74, 6) is -1.17. The lowest BCUT2D eigenvalue weighted by atomic mass is 10.1. The molecule has 7 nitrogen and oxygen atoms in total. The van der Waals surface area contributed by atoms with E-state index in [4.69, 9.17) is 9.47 Å². The third-order valence-electron chi connectivity index (χ3n) is 5.65. The van der Waals surface area contributed by atoms with Crippen molar-refractivity contribution in [2.24, 2.45) is 0 Å². The molecule has 0 radical (unpaired) electrons. The molecule has 33 heavy (non-hydrogen) atoms. The molecule has 0 aromatic carbocycles. The molecule has 2 unspecified atom stereocenters. The molecule has 0 fully saturated rings. The second kappa shape index (κ2) is 20.0. The van der Waals surface area contributed by atoms with Gasteiger partial charge >= 0.3 is 11.9 Å². The molecule has 2 N–H and O–H groups in total. The number of esters is 1. The Morgan fingerprint density at radius 2 is 1.45 bits per heavy atom. The van der Waals surface area contributed by atoms with Crippen LogP contribution in [0.3, 0.4) is 0 Å². The number of unbranched alkanes of at least 4 members (excludes halogenated alkanes) is 9. The number of hydrogen-bond acceptors (Lipinski definition) is 5. The highest BCUT2D eigenvalue weighted by Gasteiger charge is 2.30. The average Bonchev–Trinajstić information content (AvgIpc) is 2.74. The SMILES string of the molecule is CCCCCCCC/C=C/CCCCCC(=O)OCC(O)COCCC(C(=O)O)[N+](C)(C)C. The van der Waals surface area contributed by atoms with Crippen LogP contribution in [0.2, 0.25) is 0 Å². The molecular weight excluding hydrogens is 422 g/mol. The molecule has 0 heterocycles. The maximum atomic E-state index is 11.8. The van der Waals surface area contributed by atoms with Crippen molar-refractivity contribution in [1.29, 1.82) is 0 Å². The smallest absolute Gasteiger partial charge is 0.362 e. The Kier molecular flexibility index (Phi) is 19.1. The molecule has 0 aliphatic carbocycles. The van der Waals surface area contributed by atoms with Gasteiger partial charge in [0, 0.05) is 12.8 Å². The van der Waals surface area contributed by atoms with Crippen LogP contribution in [-0.2, 0) is 19.1 Å². The molecule has 2 atom stereocenters. The molecule has 0 aromatic heterocycles. The third-order valence-corrected chi connectivity index (χ3v) is 5.65. The Morgan fingerprint density at radius 3 is 2.03 bits per heavy atom. The van der Waals surface area contributed by atoms with Crippen molar-refractivity contribution in [2.75, 3.05) is 41.0 Å². The summed E-state index contributed by atoms with van der Waals surface area (Å²) in [6.45, 7) is 2.38. The zero-order valence-corrected chi connectivity index (χ0v) is 21.6. The zero-order valence-electron chi connectivity index (χ0n) is 21.6. The second-order valence-electron chi connectivity index (χ2n) is 9.80. The fourth-order valence-corrected chi connectivity index (χ4v) is 3.55. The summed E-state index contributed by atoms with van der Waals surface area (Å²) in [5.41, 5.74) is 0. The normalized spacial score (nSPS) is 13.8. The fraction of sp³-hybridized carbons (Fsp3) is 0.846. The number of aliphatic carboxylic acids is 1. The highest BCUT2D eigenvalue weighted by molar-refractivity contribution is 5.72. The number of likely N-dealkylation sites (N-methyl/N-ethyl adjacent to an activating group) is 1. The van der Waals surface area contributed by atoms with Gasteiger partial charge in [0.15, 0.2) is 6.04 Å². The van der Waals surface area contributed by atoms with E-state index in [9.17, 15) is 19.8 Å². The van der Waals surface area contributed by atoms with Gasteiger partial charge in [-0.05, 0) is 32.1 Å². The van der Waals surface area contributed by atoms with Crippen molar-refractivity contribution >= 4 is 11.9 Å². The molecule has 0 bridgehead atoms.